The number of ketones is 1. The van der Waals surface area contributed by atoms with Crippen molar-refractivity contribution in [3.05, 3.63) is 93.5 Å². The highest BCUT2D eigenvalue weighted by Gasteiger charge is 2.35. The Hall–Kier alpha value is -2.65. The first kappa shape index (κ1) is 21.9. The number of fused-ring (bicyclic) bond motifs is 4. The third kappa shape index (κ3) is 3.56. The fraction of sp³-hybridized carbons (Fsp3) is 0.323. The molecular weight excluding hydrogens is 482 g/mol. The summed E-state index contributed by atoms with van der Waals surface area (Å²) in [5.74, 6) is 0.890. The first-order valence-electron chi connectivity index (χ1n) is 12.4. The van der Waals surface area contributed by atoms with Gasteiger partial charge in [-0.25, -0.2) is 0 Å². The molecule has 1 fully saturated rings. The molecule has 34 heavy (non-hydrogen) atoms. The highest BCUT2D eigenvalue weighted by molar-refractivity contribution is 9.10. The van der Waals surface area contributed by atoms with Crippen LogP contribution < -0.4 is 4.90 Å². The van der Waals surface area contributed by atoms with Crippen molar-refractivity contribution >= 4 is 43.7 Å². The Morgan fingerprint density at radius 1 is 1.00 bits per heavy atom. The predicted molar refractivity (Wildman–Crippen MR) is 146 cm³/mol. The van der Waals surface area contributed by atoms with Crippen LogP contribution in [0.5, 0.6) is 0 Å². The molecule has 2 aliphatic carbocycles. The summed E-state index contributed by atoms with van der Waals surface area (Å²) in [5.41, 5.74) is 7.28. The Balaban J connectivity index is 1.35. The lowest BCUT2D eigenvalue weighted by Gasteiger charge is -2.36. The second kappa shape index (κ2) is 8.23. The van der Waals surface area contributed by atoms with E-state index in [-0.39, 0.29) is 11.2 Å². The topological polar surface area (TPSA) is 20.3 Å². The molecule has 0 saturated carbocycles. The van der Waals surface area contributed by atoms with E-state index in [1.807, 2.05) is 0 Å². The van der Waals surface area contributed by atoms with Gasteiger partial charge in [0.25, 0.3) is 0 Å². The Bertz CT molecular complexity index is 1360. The van der Waals surface area contributed by atoms with E-state index in [0.717, 1.165) is 45.9 Å². The van der Waals surface area contributed by atoms with Crippen LogP contribution in [-0.2, 0) is 0 Å². The number of halogens is 1. The van der Waals surface area contributed by atoms with E-state index in [1.54, 1.807) is 0 Å². The van der Waals surface area contributed by atoms with E-state index >= 15 is 0 Å². The van der Waals surface area contributed by atoms with Crippen LogP contribution in [0, 0.1) is 5.41 Å². The van der Waals surface area contributed by atoms with Crippen LogP contribution in [-0.4, -0.2) is 18.9 Å². The zero-order valence-electron chi connectivity index (χ0n) is 19.9. The number of hydrogen-bond acceptors (Lipinski definition) is 2. The minimum atomic E-state index is 0.0410. The molecule has 0 spiro atoms. The smallest absolute Gasteiger partial charge is 0.168 e. The maximum Gasteiger partial charge on any atom is 0.168 e. The molecule has 0 atom stereocenters. The van der Waals surface area contributed by atoms with E-state index in [2.05, 4.69) is 101 Å². The molecule has 3 aromatic carbocycles. The lowest BCUT2D eigenvalue weighted by molar-refractivity contribution is 0.0985. The lowest BCUT2D eigenvalue weighted by Crippen LogP contribution is -2.32. The van der Waals surface area contributed by atoms with Crippen molar-refractivity contribution in [1.29, 1.82) is 0 Å². The fourth-order valence-corrected chi connectivity index (χ4v) is 6.85. The van der Waals surface area contributed by atoms with Gasteiger partial charge in [-0.3, -0.25) is 4.79 Å². The van der Waals surface area contributed by atoms with Crippen molar-refractivity contribution < 1.29 is 4.79 Å². The highest BCUT2D eigenvalue weighted by Crippen LogP contribution is 2.48. The standard InChI is InChI=1S/C31H30BrNO/c1-31(2)14-6-9-24-25-11-10-22-17-23(18-27(32)29(22)30(25)28(34)19-26(24)31)33-15-12-21(13-16-33)20-7-4-3-5-8-20/h3-11,17-18,21H,12-16,19H2,1-2H3. The van der Waals surface area contributed by atoms with Crippen molar-refractivity contribution in [2.45, 2.75) is 45.4 Å². The maximum atomic E-state index is 13.5. The molecule has 172 valence electrons. The number of anilines is 1. The zero-order valence-corrected chi connectivity index (χ0v) is 21.5. The molecule has 2 nitrogen and oxygen atoms in total. The van der Waals surface area contributed by atoms with Gasteiger partial charge in [-0.2, -0.15) is 0 Å². The SMILES string of the molecule is CC1(C)CC=CC2=C1CC(=O)c1c2ccc2cc(N3CCC(c4ccccc4)CC3)cc(Br)c12. The quantitative estimate of drug-likeness (QED) is 0.344. The molecule has 1 saturated heterocycles. The summed E-state index contributed by atoms with van der Waals surface area (Å²) in [4.78, 5) is 16.0. The Morgan fingerprint density at radius 2 is 1.76 bits per heavy atom. The van der Waals surface area contributed by atoms with Gasteiger partial charge in [-0.05, 0) is 70.4 Å². The third-order valence-electron chi connectivity index (χ3n) is 8.15. The monoisotopic (exact) mass is 511 g/mol. The first-order chi connectivity index (χ1) is 16.4. The number of hydrogen-bond donors (Lipinski definition) is 0. The highest BCUT2D eigenvalue weighted by atomic mass is 79.9. The molecule has 0 bridgehead atoms. The fourth-order valence-electron chi connectivity index (χ4n) is 6.19. The van der Waals surface area contributed by atoms with Crippen molar-refractivity contribution in [2.24, 2.45) is 5.41 Å². The van der Waals surface area contributed by atoms with Crippen LogP contribution in [0.4, 0.5) is 5.69 Å². The van der Waals surface area contributed by atoms with Gasteiger partial charge in [0.15, 0.2) is 5.78 Å². The summed E-state index contributed by atoms with van der Waals surface area (Å²) >= 11 is 3.87. The van der Waals surface area contributed by atoms with E-state index in [4.69, 9.17) is 0 Å². The van der Waals surface area contributed by atoms with Crippen molar-refractivity contribution in [3.63, 3.8) is 0 Å². The molecule has 1 heterocycles. The number of benzene rings is 3. The van der Waals surface area contributed by atoms with E-state index < -0.39 is 0 Å². The van der Waals surface area contributed by atoms with Gasteiger partial charge in [-0.1, -0.05) is 84.4 Å². The minimum absolute atomic E-state index is 0.0410. The van der Waals surface area contributed by atoms with Crippen LogP contribution in [0.15, 0.2) is 76.8 Å². The summed E-state index contributed by atoms with van der Waals surface area (Å²) in [6, 6.07) is 19.8. The molecule has 0 N–H and O–H groups in total. The number of allylic oxidation sites excluding steroid dienone is 4. The first-order valence-corrected chi connectivity index (χ1v) is 13.2. The van der Waals surface area contributed by atoms with Crippen molar-refractivity contribution in [3.8, 4) is 0 Å². The van der Waals surface area contributed by atoms with Crippen LogP contribution in [0.3, 0.4) is 0 Å². The van der Waals surface area contributed by atoms with E-state index in [9.17, 15) is 4.79 Å². The summed E-state index contributed by atoms with van der Waals surface area (Å²) in [5, 5.41) is 2.21. The Labute approximate surface area is 210 Å². The molecule has 3 aromatic rings. The van der Waals surface area contributed by atoms with Crippen LogP contribution in [0.2, 0.25) is 0 Å². The number of carbonyl (C=O) groups excluding carboxylic acids is 1. The average molecular weight is 512 g/mol. The number of Topliss-reactive ketones (excluding diaryl/α,β-unsaturated/α-hetero) is 1. The molecule has 0 aromatic heterocycles. The van der Waals surface area contributed by atoms with Gasteiger partial charge in [-0.15, -0.1) is 0 Å². The van der Waals surface area contributed by atoms with E-state index in [0.29, 0.717) is 12.3 Å². The normalized spacial score (nSPS) is 20.0. The predicted octanol–water partition coefficient (Wildman–Crippen LogP) is 8.31. The molecule has 3 heteroatoms. The van der Waals surface area contributed by atoms with E-state index in [1.165, 1.54) is 35.2 Å². The van der Waals surface area contributed by atoms with Gasteiger partial charge in [0, 0.05) is 40.6 Å². The summed E-state index contributed by atoms with van der Waals surface area (Å²) in [6.45, 7) is 6.62. The summed E-state index contributed by atoms with van der Waals surface area (Å²) in [7, 11) is 0. The van der Waals surface area contributed by atoms with Crippen LogP contribution >= 0.6 is 15.9 Å². The molecule has 1 aliphatic heterocycles. The minimum Gasteiger partial charge on any atom is -0.371 e. The lowest BCUT2D eigenvalue weighted by atomic mass is 9.68. The van der Waals surface area contributed by atoms with Gasteiger partial charge >= 0.3 is 0 Å². The summed E-state index contributed by atoms with van der Waals surface area (Å²) in [6.07, 6.45) is 8.36. The Kier molecular flexibility index (Phi) is 5.29. The molecule has 0 amide bonds. The molecule has 6 rings (SSSR count). The Morgan fingerprint density at radius 3 is 2.53 bits per heavy atom. The maximum absolute atomic E-state index is 13.5. The molecule has 3 aliphatic rings. The molecular formula is C31H30BrNO. The number of rotatable bonds is 2. The number of nitrogens with zero attached hydrogens (tertiary/aromatic N) is 1. The van der Waals surface area contributed by atoms with Crippen molar-refractivity contribution in [2.75, 3.05) is 18.0 Å². The number of piperidine rings is 1. The molecule has 0 unspecified atom stereocenters. The number of carbonyl (C=O) groups is 1. The van der Waals surface area contributed by atoms with Gasteiger partial charge in [0.1, 0.15) is 0 Å². The average Bonchev–Trinajstić information content (AvgIpc) is 2.85. The summed E-state index contributed by atoms with van der Waals surface area (Å²) < 4.78 is 1.03. The van der Waals surface area contributed by atoms with Crippen LogP contribution in [0.1, 0.15) is 66.9 Å². The van der Waals surface area contributed by atoms with Gasteiger partial charge in [0.2, 0.25) is 0 Å². The van der Waals surface area contributed by atoms with Gasteiger partial charge < -0.3 is 4.90 Å². The second-order valence-electron chi connectivity index (χ2n) is 10.7. The largest absolute Gasteiger partial charge is 0.371 e. The van der Waals surface area contributed by atoms with Crippen molar-refractivity contribution in [1.82, 2.24) is 0 Å². The van der Waals surface area contributed by atoms with Gasteiger partial charge in [0.05, 0.1) is 0 Å². The zero-order chi connectivity index (χ0) is 23.4. The van der Waals surface area contributed by atoms with Crippen LogP contribution in [0.25, 0.3) is 16.3 Å². The third-order valence-corrected chi connectivity index (χ3v) is 8.77. The molecule has 0 radical (unpaired) electrons. The second-order valence-corrected chi connectivity index (χ2v) is 11.5.